The van der Waals surface area contributed by atoms with E-state index in [1.165, 1.54) is 0 Å². The van der Waals surface area contributed by atoms with Crippen LogP contribution in [0.1, 0.15) is 33.1 Å². The molecule has 1 aromatic rings. The maximum Gasteiger partial charge on any atom is 0.224 e. The summed E-state index contributed by atoms with van der Waals surface area (Å²) in [6, 6.07) is 7.62. The number of carbonyl (C=O) groups excluding carboxylic acids is 1. The monoisotopic (exact) mass is 316 g/mol. The Balaban J connectivity index is 1.73. The topological polar surface area (TPSA) is 41.6 Å². The minimum atomic E-state index is 0.0803. The van der Waals surface area contributed by atoms with E-state index in [-0.39, 0.29) is 5.91 Å². The number of hydrogen-bond donors (Lipinski definition) is 1. The summed E-state index contributed by atoms with van der Waals surface area (Å²) in [4.78, 5) is 14.3. The van der Waals surface area contributed by atoms with Gasteiger partial charge in [-0.25, -0.2) is 0 Å². The van der Waals surface area contributed by atoms with Crippen molar-refractivity contribution >= 4 is 11.6 Å². The van der Waals surface area contributed by atoms with E-state index in [0.717, 1.165) is 43.9 Å². The smallest absolute Gasteiger partial charge is 0.224 e. The number of benzene rings is 1. The number of allylic oxidation sites excluding steroid dienone is 2. The molecule has 4 nitrogen and oxygen atoms in total. The molecule has 126 valence electrons. The van der Waals surface area contributed by atoms with Crippen LogP contribution in [0, 0.1) is 5.92 Å². The lowest BCUT2D eigenvalue weighted by Gasteiger charge is -2.18. The average Bonchev–Trinajstić information content (AvgIpc) is 3.06. The first-order chi connectivity index (χ1) is 11.2. The van der Waals surface area contributed by atoms with Crippen LogP contribution in [0.25, 0.3) is 0 Å². The summed E-state index contributed by atoms with van der Waals surface area (Å²) in [5.41, 5.74) is 0.827. The third-order valence-electron chi connectivity index (χ3n) is 4.27. The zero-order valence-electron chi connectivity index (χ0n) is 14.3. The van der Waals surface area contributed by atoms with Crippen LogP contribution in [0.15, 0.2) is 36.4 Å². The van der Waals surface area contributed by atoms with Crippen molar-refractivity contribution in [1.82, 2.24) is 4.90 Å². The van der Waals surface area contributed by atoms with E-state index in [0.29, 0.717) is 18.9 Å². The van der Waals surface area contributed by atoms with Gasteiger partial charge in [0, 0.05) is 18.7 Å². The van der Waals surface area contributed by atoms with Gasteiger partial charge in [-0.15, -0.1) is 0 Å². The molecule has 1 aromatic carbocycles. The Bertz CT molecular complexity index is 507. The van der Waals surface area contributed by atoms with E-state index in [1.807, 2.05) is 24.3 Å². The summed E-state index contributed by atoms with van der Waals surface area (Å²) in [6.45, 7) is 8.01. The molecule has 0 aliphatic heterocycles. The molecule has 0 radical (unpaired) electrons. The van der Waals surface area contributed by atoms with Gasteiger partial charge >= 0.3 is 0 Å². The minimum absolute atomic E-state index is 0.0803. The molecule has 0 spiro atoms. The second-order valence-corrected chi connectivity index (χ2v) is 5.92. The fourth-order valence-electron chi connectivity index (χ4n) is 2.78. The summed E-state index contributed by atoms with van der Waals surface area (Å²) in [6.07, 6.45) is 7.05. The molecule has 0 saturated heterocycles. The zero-order chi connectivity index (χ0) is 16.5. The van der Waals surface area contributed by atoms with Gasteiger partial charge in [0.25, 0.3) is 0 Å². The van der Waals surface area contributed by atoms with Crippen molar-refractivity contribution in [3.05, 3.63) is 36.4 Å². The van der Waals surface area contributed by atoms with Gasteiger partial charge in [-0.05, 0) is 56.1 Å². The van der Waals surface area contributed by atoms with Gasteiger partial charge in [-0.1, -0.05) is 26.0 Å². The fraction of sp³-hybridized carbons (Fsp3) is 0.526. The molecule has 0 bridgehead atoms. The van der Waals surface area contributed by atoms with Crippen molar-refractivity contribution in [2.45, 2.75) is 33.1 Å². The standard InChI is InChI=1S/C19H28N2O2/c1-3-21(4-2)13-14-23-18-11-9-17(10-12-18)20-19(22)15-16-7-5-6-8-16/h5,7,9-12,16H,3-4,6,8,13-15H2,1-2H3,(H,20,22)/t16-/m0/s1. The fourth-order valence-corrected chi connectivity index (χ4v) is 2.78. The van der Waals surface area contributed by atoms with Gasteiger partial charge in [0.15, 0.2) is 0 Å². The highest BCUT2D eigenvalue weighted by Crippen LogP contribution is 2.21. The van der Waals surface area contributed by atoms with Crippen molar-refractivity contribution in [2.24, 2.45) is 5.92 Å². The van der Waals surface area contributed by atoms with E-state index in [9.17, 15) is 4.79 Å². The van der Waals surface area contributed by atoms with Gasteiger partial charge in [-0.2, -0.15) is 0 Å². The van der Waals surface area contributed by atoms with Gasteiger partial charge in [0.05, 0.1) is 0 Å². The Kier molecular flexibility index (Phi) is 7.14. The Morgan fingerprint density at radius 1 is 1.26 bits per heavy atom. The lowest BCUT2D eigenvalue weighted by Crippen LogP contribution is -2.27. The largest absolute Gasteiger partial charge is 0.492 e. The van der Waals surface area contributed by atoms with Crippen LogP contribution in [0.5, 0.6) is 5.75 Å². The molecule has 1 N–H and O–H groups in total. The lowest BCUT2D eigenvalue weighted by atomic mass is 10.1. The maximum atomic E-state index is 12.0. The van der Waals surface area contributed by atoms with Crippen LogP contribution in [-0.4, -0.2) is 37.0 Å². The van der Waals surface area contributed by atoms with Crippen molar-refractivity contribution in [1.29, 1.82) is 0 Å². The van der Waals surface area contributed by atoms with Crippen molar-refractivity contribution in [2.75, 3.05) is 31.6 Å². The van der Waals surface area contributed by atoms with Crippen LogP contribution in [0.3, 0.4) is 0 Å². The Labute approximate surface area is 139 Å². The molecule has 1 amide bonds. The molecule has 0 unspecified atom stereocenters. The predicted molar refractivity (Wildman–Crippen MR) is 94.8 cm³/mol. The Morgan fingerprint density at radius 3 is 2.61 bits per heavy atom. The van der Waals surface area contributed by atoms with Crippen LogP contribution in [0.4, 0.5) is 5.69 Å². The number of ether oxygens (including phenoxy) is 1. The highest BCUT2D eigenvalue weighted by molar-refractivity contribution is 5.91. The highest BCUT2D eigenvalue weighted by Gasteiger charge is 2.13. The van der Waals surface area contributed by atoms with Crippen molar-refractivity contribution in [3.8, 4) is 5.75 Å². The number of amides is 1. The van der Waals surface area contributed by atoms with Gasteiger partial charge in [-0.3, -0.25) is 4.79 Å². The maximum absolute atomic E-state index is 12.0. The van der Waals surface area contributed by atoms with Crippen LogP contribution >= 0.6 is 0 Å². The first kappa shape index (κ1) is 17.5. The van der Waals surface area contributed by atoms with E-state index in [4.69, 9.17) is 4.74 Å². The second-order valence-electron chi connectivity index (χ2n) is 5.92. The zero-order valence-corrected chi connectivity index (χ0v) is 14.3. The molecule has 0 saturated carbocycles. The molecular weight excluding hydrogens is 288 g/mol. The number of hydrogen-bond acceptors (Lipinski definition) is 3. The predicted octanol–water partition coefficient (Wildman–Crippen LogP) is 3.70. The molecule has 4 heteroatoms. The van der Waals surface area contributed by atoms with Crippen LogP contribution in [-0.2, 0) is 4.79 Å². The number of likely N-dealkylation sites (N-methyl/N-ethyl adjacent to an activating group) is 1. The molecule has 1 aliphatic carbocycles. The minimum Gasteiger partial charge on any atom is -0.492 e. The van der Waals surface area contributed by atoms with Crippen molar-refractivity contribution in [3.63, 3.8) is 0 Å². The van der Waals surface area contributed by atoms with Gasteiger partial charge in [0.2, 0.25) is 5.91 Å². The number of nitrogens with zero attached hydrogens (tertiary/aromatic N) is 1. The summed E-state index contributed by atoms with van der Waals surface area (Å²) in [7, 11) is 0. The third-order valence-corrected chi connectivity index (χ3v) is 4.27. The molecule has 2 rings (SSSR count). The Hall–Kier alpha value is -1.81. The van der Waals surface area contributed by atoms with E-state index in [2.05, 4.69) is 36.2 Å². The molecular formula is C19H28N2O2. The average molecular weight is 316 g/mol. The summed E-state index contributed by atoms with van der Waals surface area (Å²) >= 11 is 0. The summed E-state index contributed by atoms with van der Waals surface area (Å²) < 4.78 is 5.74. The first-order valence-corrected chi connectivity index (χ1v) is 8.63. The van der Waals surface area contributed by atoms with Crippen LogP contribution in [0.2, 0.25) is 0 Å². The Morgan fingerprint density at radius 2 is 2.00 bits per heavy atom. The molecule has 0 fully saturated rings. The molecule has 23 heavy (non-hydrogen) atoms. The number of rotatable bonds is 9. The molecule has 1 atom stereocenters. The normalized spacial score (nSPS) is 16.7. The van der Waals surface area contributed by atoms with Crippen LogP contribution < -0.4 is 10.1 Å². The summed E-state index contributed by atoms with van der Waals surface area (Å²) in [5.74, 6) is 1.32. The molecule has 0 aromatic heterocycles. The number of anilines is 1. The van der Waals surface area contributed by atoms with Crippen molar-refractivity contribution < 1.29 is 9.53 Å². The third kappa shape index (κ3) is 6.06. The van der Waals surface area contributed by atoms with E-state index in [1.54, 1.807) is 0 Å². The second kappa shape index (κ2) is 9.36. The van der Waals surface area contributed by atoms with Gasteiger partial charge < -0.3 is 15.0 Å². The first-order valence-electron chi connectivity index (χ1n) is 8.63. The lowest BCUT2D eigenvalue weighted by molar-refractivity contribution is -0.116. The summed E-state index contributed by atoms with van der Waals surface area (Å²) in [5, 5.41) is 2.95. The molecule has 0 heterocycles. The quantitative estimate of drug-likeness (QED) is 0.706. The highest BCUT2D eigenvalue weighted by atomic mass is 16.5. The number of nitrogens with one attached hydrogen (secondary N) is 1. The molecule has 1 aliphatic rings. The van der Waals surface area contributed by atoms with Gasteiger partial charge in [0.1, 0.15) is 12.4 Å². The van der Waals surface area contributed by atoms with E-state index >= 15 is 0 Å². The SMILES string of the molecule is CCN(CC)CCOc1ccc(NC(=O)C[C@H]2C=CCC2)cc1. The number of carbonyl (C=O) groups is 1. The van der Waals surface area contributed by atoms with E-state index < -0.39 is 0 Å².